The van der Waals surface area contributed by atoms with E-state index in [-0.39, 0.29) is 6.04 Å². The Kier molecular flexibility index (Phi) is 4.15. The van der Waals surface area contributed by atoms with Crippen molar-refractivity contribution in [1.82, 2.24) is 15.3 Å². The van der Waals surface area contributed by atoms with E-state index in [1.54, 1.807) is 11.2 Å². The summed E-state index contributed by atoms with van der Waals surface area (Å²) in [6.45, 7) is 3.08. The summed E-state index contributed by atoms with van der Waals surface area (Å²) in [4.78, 5) is 11.2. The van der Waals surface area contributed by atoms with Gasteiger partial charge < -0.3 is 5.32 Å². The van der Waals surface area contributed by atoms with E-state index in [0.29, 0.717) is 0 Å². The van der Waals surface area contributed by atoms with Crippen LogP contribution < -0.4 is 5.32 Å². The summed E-state index contributed by atoms with van der Waals surface area (Å²) in [7, 11) is 0. The summed E-state index contributed by atoms with van der Waals surface area (Å²) in [6.07, 6.45) is 6.62. The maximum atomic E-state index is 4.14. The molecule has 0 radical (unpaired) electrons. The lowest BCUT2D eigenvalue weighted by Crippen LogP contribution is -2.21. The lowest BCUT2D eigenvalue weighted by atomic mass is 10.1. The molecular formula is C14H17N3S2. The monoisotopic (exact) mass is 291 g/mol. The van der Waals surface area contributed by atoms with E-state index in [2.05, 4.69) is 28.3 Å². The van der Waals surface area contributed by atoms with Crippen LogP contribution in [0.15, 0.2) is 24.8 Å². The molecule has 0 aromatic carbocycles. The highest BCUT2D eigenvalue weighted by atomic mass is 32.2. The van der Waals surface area contributed by atoms with Gasteiger partial charge in [-0.05, 0) is 30.3 Å². The molecule has 100 valence electrons. The molecule has 2 aromatic heterocycles. The Balaban J connectivity index is 1.94. The highest BCUT2D eigenvalue weighted by molar-refractivity contribution is 7.98. The quantitative estimate of drug-likeness (QED) is 0.939. The van der Waals surface area contributed by atoms with Gasteiger partial charge >= 0.3 is 0 Å². The second-order valence-corrected chi connectivity index (χ2v) is 6.84. The standard InChI is InChI=1S/C14H17N3S2/c1-2-17-14(11-6-15-9-16-7-11)13-5-10-8-18-4-3-12(10)19-13/h5-7,9,14,17H,2-4,8H2,1H3. The second-order valence-electron chi connectivity index (χ2n) is 4.56. The van der Waals surface area contributed by atoms with E-state index in [0.717, 1.165) is 17.9 Å². The summed E-state index contributed by atoms with van der Waals surface area (Å²) in [5.74, 6) is 2.42. The molecule has 3 nitrogen and oxygen atoms in total. The van der Waals surface area contributed by atoms with E-state index in [4.69, 9.17) is 0 Å². The normalized spacial score (nSPS) is 16.1. The molecule has 1 atom stereocenters. The van der Waals surface area contributed by atoms with Crippen LogP contribution in [-0.2, 0) is 12.2 Å². The van der Waals surface area contributed by atoms with Crippen molar-refractivity contribution in [2.45, 2.75) is 25.1 Å². The minimum absolute atomic E-state index is 0.229. The highest BCUT2D eigenvalue weighted by Gasteiger charge is 2.20. The van der Waals surface area contributed by atoms with Crippen molar-refractivity contribution in [1.29, 1.82) is 0 Å². The van der Waals surface area contributed by atoms with E-state index >= 15 is 0 Å². The number of nitrogens with one attached hydrogen (secondary N) is 1. The summed E-state index contributed by atoms with van der Waals surface area (Å²) in [5, 5.41) is 3.55. The molecule has 3 heterocycles. The topological polar surface area (TPSA) is 37.8 Å². The fourth-order valence-corrected chi connectivity index (χ4v) is 4.84. The Hall–Kier alpha value is -0.910. The number of aromatic nitrogens is 2. The molecule has 5 heteroatoms. The molecule has 19 heavy (non-hydrogen) atoms. The third-order valence-corrected chi connectivity index (χ3v) is 5.56. The molecule has 0 amide bonds. The van der Waals surface area contributed by atoms with Crippen LogP contribution >= 0.6 is 23.1 Å². The summed E-state index contributed by atoms with van der Waals surface area (Å²) in [5.41, 5.74) is 2.67. The molecule has 1 unspecified atom stereocenters. The second kappa shape index (κ2) is 6.03. The summed E-state index contributed by atoms with van der Waals surface area (Å²) in [6, 6.07) is 2.60. The number of thioether (sulfide) groups is 1. The average molecular weight is 291 g/mol. The number of hydrogen-bond acceptors (Lipinski definition) is 5. The van der Waals surface area contributed by atoms with Gasteiger partial charge in [0.15, 0.2) is 0 Å². The summed E-state index contributed by atoms with van der Waals surface area (Å²) < 4.78 is 0. The van der Waals surface area contributed by atoms with Crippen molar-refractivity contribution in [3.05, 3.63) is 45.7 Å². The number of fused-ring (bicyclic) bond motifs is 1. The Morgan fingerprint density at radius 2 is 2.21 bits per heavy atom. The van der Waals surface area contributed by atoms with Crippen LogP contribution in [0.4, 0.5) is 0 Å². The third-order valence-electron chi connectivity index (χ3n) is 3.25. The molecule has 1 aliphatic rings. The van der Waals surface area contributed by atoms with Crippen LogP contribution in [0.25, 0.3) is 0 Å². The van der Waals surface area contributed by atoms with Crippen molar-refractivity contribution in [3.8, 4) is 0 Å². The van der Waals surface area contributed by atoms with Gasteiger partial charge in [-0.25, -0.2) is 9.97 Å². The van der Waals surface area contributed by atoms with Crippen molar-refractivity contribution in [2.24, 2.45) is 0 Å². The average Bonchev–Trinajstić information content (AvgIpc) is 2.89. The zero-order valence-corrected chi connectivity index (χ0v) is 12.6. The first-order valence-corrected chi connectivity index (χ1v) is 8.53. The lowest BCUT2D eigenvalue weighted by molar-refractivity contribution is 0.634. The van der Waals surface area contributed by atoms with Gasteiger partial charge in [0.25, 0.3) is 0 Å². The van der Waals surface area contributed by atoms with Gasteiger partial charge in [0.2, 0.25) is 0 Å². The Morgan fingerprint density at radius 1 is 1.37 bits per heavy atom. The summed E-state index contributed by atoms with van der Waals surface area (Å²) >= 11 is 3.98. The predicted molar refractivity (Wildman–Crippen MR) is 81.7 cm³/mol. The molecule has 0 aliphatic carbocycles. The van der Waals surface area contributed by atoms with Gasteiger partial charge in [0.1, 0.15) is 6.33 Å². The van der Waals surface area contributed by atoms with Crippen molar-refractivity contribution in [3.63, 3.8) is 0 Å². The van der Waals surface area contributed by atoms with Crippen molar-refractivity contribution < 1.29 is 0 Å². The first-order valence-electron chi connectivity index (χ1n) is 6.56. The van der Waals surface area contributed by atoms with E-state index in [1.807, 2.05) is 35.5 Å². The van der Waals surface area contributed by atoms with Gasteiger partial charge in [-0.2, -0.15) is 11.8 Å². The van der Waals surface area contributed by atoms with Crippen LogP contribution in [0.1, 0.15) is 33.8 Å². The minimum atomic E-state index is 0.229. The lowest BCUT2D eigenvalue weighted by Gasteiger charge is -2.15. The van der Waals surface area contributed by atoms with Crippen molar-refractivity contribution >= 4 is 23.1 Å². The maximum Gasteiger partial charge on any atom is 0.115 e. The minimum Gasteiger partial charge on any atom is -0.306 e. The molecule has 0 bridgehead atoms. The smallest absolute Gasteiger partial charge is 0.115 e. The van der Waals surface area contributed by atoms with E-state index < -0.39 is 0 Å². The molecule has 0 saturated carbocycles. The van der Waals surface area contributed by atoms with Gasteiger partial charge in [-0.15, -0.1) is 11.3 Å². The zero-order valence-electron chi connectivity index (χ0n) is 10.9. The van der Waals surface area contributed by atoms with Gasteiger partial charge in [0.05, 0.1) is 6.04 Å². The van der Waals surface area contributed by atoms with Gasteiger partial charge in [-0.1, -0.05) is 6.92 Å². The van der Waals surface area contributed by atoms with Crippen LogP contribution in [0.5, 0.6) is 0 Å². The molecule has 2 aromatic rings. The van der Waals surface area contributed by atoms with Crippen LogP contribution in [0, 0.1) is 0 Å². The Bertz CT molecular complexity index is 515. The number of hydrogen-bond donors (Lipinski definition) is 1. The van der Waals surface area contributed by atoms with Gasteiger partial charge in [-0.3, -0.25) is 0 Å². The molecular weight excluding hydrogens is 274 g/mol. The largest absolute Gasteiger partial charge is 0.306 e. The van der Waals surface area contributed by atoms with Crippen LogP contribution in [0.2, 0.25) is 0 Å². The van der Waals surface area contributed by atoms with Crippen LogP contribution in [0.3, 0.4) is 0 Å². The Morgan fingerprint density at radius 3 is 2.95 bits per heavy atom. The fourth-order valence-electron chi connectivity index (χ4n) is 2.36. The SMILES string of the molecule is CCNC(c1cncnc1)c1cc2c(s1)CCSC2. The molecule has 1 aliphatic heterocycles. The Labute approximate surface area is 121 Å². The highest BCUT2D eigenvalue weighted by Crippen LogP contribution is 2.36. The number of thiophene rings is 1. The first-order chi connectivity index (χ1) is 9.38. The maximum absolute atomic E-state index is 4.14. The van der Waals surface area contributed by atoms with Gasteiger partial charge in [0, 0.05) is 33.5 Å². The van der Waals surface area contributed by atoms with E-state index in [9.17, 15) is 0 Å². The molecule has 0 saturated heterocycles. The zero-order chi connectivity index (χ0) is 13.1. The number of aryl methyl sites for hydroxylation is 1. The third kappa shape index (κ3) is 2.83. The van der Waals surface area contributed by atoms with E-state index in [1.165, 1.54) is 22.6 Å². The molecule has 1 N–H and O–H groups in total. The first kappa shape index (κ1) is 13.1. The van der Waals surface area contributed by atoms with Crippen LogP contribution in [-0.4, -0.2) is 22.3 Å². The van der Waals surface area contributed by atoms with Crippen molar-refractivity contribution in [2.75, 3.05) is 12.3 Å². The fraction of sp³-hybridized carbons (Fsp3) is 0.429. The number of nitrogens with zero attached hydrogens (tertiary/aromatic N) is 2. The predicted octanol–water partition coefficient (Wildman–Crippen LogP) is 3.03. The molecule has 0 spiro atoms. The molecule has 0 fully saturated rings. The number of rotatable bonds is 4. The molecule has 3 rings (SSSR count).